The van der Waals surface area contributed by atoms with Crippen LogP contribution in [0.1, 0.15) is 29.9 Å². The van der Waals surface area contributed by atoms with Crippen molar-refractivity contribution in [3.05, 3.63) is 35.4 Å². The van der Waals surface area contributed by atoms with Crippen molar-refractivity contribution >= 4 is 5.97 Å². The van der Waals surface area contributed by atoms with Gasteiger partial charge in [0.05, 0.1) is 12.5 Å². The molecule has 92 valence electrons. The van der Waals surface area contributed by atoms with Gasteiger partial charge in [-0.2, -0.15) is 0 Å². The van der Waals surface area contributed by atoms with Gasteiger partial charge in [-0.25, -0.2) is 0 Å². The summed E-state index contributed by atoms with van der Waals surface area (Å²) in [6, 6.07) is 7.77. The monoisotopic (exact) mass is 234 g/mol. The van der Waals surface area contributed by atoms with E-state index in [4.69, 9.17) is 4.74 Å². The van der Waals surface area contributed by atoms with Gasteiger partial charge in [-0.1, -0.05) is 29.8 Å². The molecule has 17 heavy (non-hydrogen) atoms. The Balaban J connectivity index is 2.21. The van der Waals surface area contributed by atoms with E-state index in [1.165, 1.54) is 0 Å². The lowest BCUT2D eigenvalue weighted by atomic mass is 9.82. The zero-order valence-electron chi connectivity index (χ0n) is 10.1. The summed E-state index contributed by atoms with van der Waals surface area (Å²) >= 11 is 0. The van der Waals surface area contributed by atoms with Crippen molar-refractivity contribution in [1.82, 2.24) is 0 Å². The lowest BCUT2D eigenvalue weighted by Crippen LogP contribution is -2.28. The van der Waals surface area contributed by atoms with Crippen LogP contribution in [-0.4, -0.2) is 24.3 Å². The number of hydrogen-bond donors (Lipinski definition) is 1. The van der Waals surface area contributed by atoms with E-state index in [1.807, 2.05) is 31.2 Å². The molecule has 0 spiro atoms. The van der Waals surface area contributed by atoms with Crippen LogP contribution in [0.4, 0.5) is 0 Å². The van der Waals surface area contributed by atoms with Gasteiger partial charge < -0.3 is 9.84 Å². The van der Waals surface area contributed by atoms with E-state index in [0.29, 0.717) is 6.61 Å². The minimum Gasteiger partial charge on any atom is -0.481 e. The lowest BCUT2D eigenvalue weighted by molar-refractivity contribution is -0.141. The molecule has 1 aromatic rings. The molecule has 1 N–H and O–H groups in total. The first-order valence-corrected chi connectivity index (χ1v) is 6.05. The largest absolute Gasteiger partial charge is 0.481 e. The molecule has 1 fully saturated rings. The van der Waals surface area contributed by atoms with Crippen LogP contribution in [0.15, 0.2) is 24.3 Å². The van der Waals surface area contributed by atoms with Gasteiger partial charge in [-0.15, -0.1) is 0 Å². The van der Waals surface area contributed by atoms with Crippen LogP contribution in [0, 0.1) is 12.8 Å². The Morgan fingerprint density at radius 2 is 2.12 bits per heavy atom. The molecule has 3 heteroatoms. The zero-order chi connectivity index (χ0) is 12.3. The quantitative estimate of drug-likeness (QED) is 0.874. The SMILES string of the molecule is Cc1ccc(C(C(=O)O)C2CCCOC2)cc1. The van der Waals surface area contributed by atoms with Crippen molar-refractivity contribution in [2.75, 3.05) is 13.2 Å². The molecule has 1 aliphatic rings. The number of carboxylic acid groups (broad SMARTS) is 1. The van der Waals surface area contributed by atoms with E-state index in [9.17, 15) is 9.90 Å². The molecule has 0 aliphatic carbocycles. The zero-order valence-corrected chi connectivity index (χ0v) is 10.1. The van der Waals surface area contributed by atoms with E-state index in [1.54, 1.807) is 0 Å². The molecule has 1 aromatic carbocycles. The van der Waals surface area contributed by atoms with Crippen molar-refractivity contribution in [1.29, 1.82) is 0 Å². The molecule has 2 atom stereocenters. The highest BCUT2D eigenvalue weighted by Crippen LogP contribution is 2.31. The summed E-state index contributed by atoms with van der Waals surface area (Å²) in [6.07, 6.45) is 1.89. The van der Waals surface area contributed by atoms with E-state index >= 15 is 0 Å². The number of ether oxygens (including phenoxy) is 1. The summed E-state index contributed by atoms with van der Waals surface area (Å²) in [5.74, 6) is -1.08. The van der Waals surface area contributed by atoms with Gasteiger partial charge in [0.25, 0.3) is 0 Å². The standard InChI is InChI=1S/C14H18O3/c1-10-4-6-11(7-5-10)13(14(15)16)12-3-2-8-17-9-12/h4-7,12-13H,2-3,8-9H2,1H3,(H,15,16). The van der Waals surface area contributed by atoms with Crippen molar-refractivity contribution < 1.29 is 14.6 Å². The van der Waals surface area contributed by atoms with Crippen molar-refractivity contribution in [2.24, 2.45) is 5.92 Å². The Kier molecular flexibility index (Phi) is 3.79. The maximum absolute atomic E-state index is 11.4. The minimum atomic E-state index is -0.746. The number of carbonyl (C=O) groups is 1. The predicted octanol–water partition coefficient (Wildman–Crippen LogP) is 2.59. The molecular weight excluding hydrogens is 216 g/mol. The maximum atomic E-state index is 11.4. The summed E-state index contributed by atoms with van der Waals surface area (Å²) in [5.41, 5.74) is 2.04. The second-order valence-corrected chi connectivity index (χ2v) is 4.70. The van der Waals surface area contributed by atoms with Crippen LogP contribution >= 0.6 is 0 Å². The highest BCUT2D eigenvalue weighted by Gasteiger charge is 2.31. The van der Waals surface area contributed by atoms with Gasteiger partial charge in [0.1, 0.15) is 0 Å². The second-order valence-electron chi connectivity index (χ2n) is 4.70. The van der Waals surface area contributed by atoms with Crippen LogP contribution in [-0.2, 0) is 9.53 Å². The summed E-state index contributed by atoms with van der Waals surface area (Å²) < 4.78 is 5.40. The highest BCUT2D eigenvalue weighted by molar-refractivity contribution is 5.76. The number of hydrogen-bond acceptors (Lipinski definition) is 2. The topological polar surface area (TPSA) is 46.5 Å². The lowest BCUT2D eigenvalue weighted by Gasteiger charge is -2.27. The molecule has 0 radical (unpaired) electrons. The van der Waals surface area contributed by atoms with E-state index in [2.05, 4.69) is 0 Å². The van der Waals surface area contributed by atoms with E-state index < -0.39 is 11.9 Å². The first-order chi connectivity index (χ1) is 8.18. The molecular formula is C14H18O3. The predicted molar refractivity (Wildman–Crippen MR) is 65.1 cm³/mol. The fraction of sp³-hybridized carbons (Fsp3) is 0.500. The van der Waals surface area contributed by atoms with Crippen molar-refractivity contribution in [3.63, 3.8) is 0 Å². The molecule has 0 bridgehead atoms. The Morgan fingerprint density at radius 3 is 2.65 bits per heavy atom. The summed E-state index contributed by atoms with van der Waals surface area (Å²) in [7, 11) is 0. The van der Waals surface area contributed by atoms with E-state index in [0.717, 1.165) is 30.6 Å². The summed E-state index contributed by atoms with van der Waals surface area (Å²) in [5, 5.41) is 9.39. The third kappa shape index (κ3) is 2.86. The summed E-state index contributed by atoms with van der Waals surface area (Å²) in [4.78, 5) is 11.4. The van der Waals surface area contributed by atoms with Crippen molar-refractivity contribution in [2.45, 2.75) is 25.7 Å². The first-order valence-electron chi connectivity index (χ1n) is 6.05. The third-order valence-corrected chi connectivity index (χ3v) is 3.37. The number of aliphatic carboxylic acids is 1. The average molecular weight is 234 g/mol. The fourth-order valence-corrected chi connectivity index (χ4v) is 2.42. The van der Waals surface area contributed by atoms with Crippen LogP contribution in [0.5, 0.6) is 0 Å². The van der Waals surface area contributed by atoms with E-state index in [-0.39, 0.29) is 5.92 Å². The van der Waals surface area contributed by atoms with Gasteiger partial charge >= 0.3 is 5.97 Å². The van der Waals surface area contributed by atoms with Gasteiger partial charge in [0.2, 0.25) is 0 Å². The smallest absolute Gasteiger partial charge is 0.311 e. The highest BCUT2D eigenvalue weighted by atomic mass is 16.5. The fourth-order valence-electron chi connectivity index (χ4n) is 2.42. The maximum Gasteiger partial charge on any atom is 0.311 e. The normalized spacial score (nSPS) is 22.1. The third-order valence-electron chi connectivity index (χ3n) is 3.37. The molecule has 1 heterocycles. The Hall–Kier alpha value is -1.35. The molecule has 3 nitrogen and oxygen atoms in total. The average Bonchev–Trinajstić information content (AvgIpc) is 2.33. The first kappa shape index (κ1) is 12.1. The number of aryl methyl sites for hydroxylation is 1. The van der Waals surface area contributed by atoms with Crippen LogP contribution in [0.3, 0.4) is 0 Å². The molecule has 2 unspecified atom stereocenters. The molecule has 1 saturated heterocycles. The van der Waals surface area contributed by atoms with Crippen LogP contribution < -0.4 is 0 Å². The number of carboxylic acids is 1. The van der Waals surface area contributed by atoms with Gasteiger partial charge in [-0.05, 0) is 31.2 Å². The van der Waals surface area contributed by atoms with Gasteiger partial charge in [0, 0.05) is 6.61 Å². The summed E-state index contributed by atoms with van der Waals surface area (Å²) in [6.45, 7) is 3.32. The minimum absolute atomic E-state index is 0.101. The molecule has 2 rings (SSSR count). The molecule has 0 aromatic heterocycles. The Bertz CT molecular complexity index is 377. The second kappa shape index (κ2) is 5.32. The van der Waals surface area contributed by atoms with Crippen LogP contribution in [0.25, 0.3) is 0 Å². The Morgan fingerprint density at radius 1 is 1.41 bits per heavy atom. The van der Waals surface area contributed by atoms with Gasteiger partial charge in [-0.3, -0.25) is 4.79 Å². The number of rotatable bonds is 3. The van der Waals surface area contributed by atoms with Crippen LogP contribution in [0.2, 0.25) is 0 Å². The molecule has 1 aliphatic heterocycles. The van der Waals surface area contributed by atoms with Gasteiger partial charge in [0.15, 0.2) is 0 Å². The number of benzene rings is 1. The molecule has 0 saturated carbocycles. The van der Waals surface area contributed by atoms with Crippen molar-refractivity contribution in [3.8, 4) is 0 Å². The molecule has 0 amide bonds. The Labute approximate surface area is 101 Å².